The van der Waals surface area contributed by atoms with Gasteiger partial charge < -0.3 is 4.90 Å². The van der Waals surface area contributed by atoms with Crippen LogP contribution in [-0.4, -0.2) is 33.7 Å². The van der Waals surface area contributed by atoms with Crippen LogP contribution in [0.5, 0.6) is 0 Å². The second-order valence-corrected chi connectivity index (χ2v) is 4.04. The van der Waals surface area contributed by atoms with E-state index in [1.807, 2.05) is 0 Å². The van der Waals surface area contributed by atoms with Crippen molar-refractivity contribution in [2.45, 2.75) is 19.0 Å². The van der Waals surface area contributed by atoms with E-state index in [0.29, 0.717) is 17.8 Å². The normalized spacial score (nSPS) is 16.6. The highest BCUT2D eigenvalue weighted by molar-refractivity contribution is 5.92. The zero-order valence-corrected chi connectivity index (χ0v) is 9.29. The number of aromatic nitrogens is 2. The number of hydrogen-bond donors (Lipinski definition) is 0. The van der Waals surface area contributed by atoms with Crippen LogP contribution in [0.25, 0.3) is 0 Å². The van der Waals surface area contributed by atoms with E-state index in [4.69, 9.17) is 0 Å². The lowest BCUT2D eigenvalue weighted by molar-refractivity contribution is -0.143. The maximum atomic E-state index is 12.5. The van der Waals surface area contributed by atoms with Gasteiger partial charge >= 0.3 is 6.18 Å². The third-order valence-electron chi connectivity index (χ3n) is 2.78. The Morgan fingerprint density at radius 3 is 2.41 bits per heavy atom. The van der Waals surface area contributed by atoms with Crippen LogP contribution in [0.4, 0.5) is 13.2 Å². The Bertz CT molecular complexity index is 432. The minimum atomic E-state index is -4.48. The highest BCUT2D eigenvalue weighted by atomic mass is 19.4. The lowest BCUT2D eigenvalue weighted by Gasteiger charge is -2.12. The van der Waals surface area contributed by atoms with Crippen LogP contribution in [0.15, 0.2) is 6.07 Å². The zero-order chi connectivity index (χ0) is 12.6. The molecular formula is C10H12F3N3O. The molecule has 2 heterocycles. The molecule has 0 unspecified atom stereocenters. The van der Waals surface area contributed by atoms with Gasteiger partial charge in [0, 0.05) is 26.2 Å². The van der Waals surface area contributed by atoms with E-state index in [1.165, 1.54) is 11.9 Å². The molecule has 1 aliphatic heterocycles. The first kappa shape index (κ1) is 11.9. The number of hydrogen-bond acceptors (Lipinski definition) is 2. The van der Waals surface area contributed by atoms with Gasteiger partial charge in [0.25, 0.3) is 5.91 Å². The molecule has 7 heteroatoms. The molecule has 1 aromatic rings. The van der Waals surface area contributed by atoms with E-state index in [0.717, 1.165) is 18.9 Å². The Morgan fingerprint density at radius 2 is 1.94 bits per heavy atom. The third-order valence-corrected chi connectivity index (χ3v) is 2.78. The predicted molar refractivity (Wildman–Crippen MR) is 53.3 cm³/mol. The van der Waals surface area contributed by atoms with Gasteiger partial charge in [-0.3, -0.25) is 9.48 Å². The highest BCUT2D eigenvalue weighted by Crippen LogP contribution is 2.29. The number of rotatable bonds is 1. The summed E-state index contributed by atoms with van der Waals surface area (Å²) in [7, 11) is 1.18. The summed E-state index contributed by atoms with van der Waals surface area (Å²) in [6.45, 7) is 1.19. The van der Waals surface area contributed by atoms with Crippen LogP contribution in [-0.2, 0) is 13.2 Å². The topological polar surface area (TPSA) is 38.1 Å². The third kappa shape index (κ3) is 2.27. The second kappa shape index (κ2) is 4.05. The van der Waals surface area contributed by atoms with Crippen molar-refractivity contribution in [1.29, 1.82) is 0 Å². The summed E-state index contributed by atoms with van der Waals surface area (Å²) >= 11 is 0. The smallest absolute Gasteiger partial charge is 0.337 e. The molecule has 1 aromatic heterocycles. The molecule has 2 rings (SSSR count). The molecule has 17 heavy (non-hydrogen) atoms. The fourth-order valence-electron chi connectivity index (χ4n) is 1.92. The lowest BCUT2D eigenvalue weighted by atomic mass is 10.3. The molecule has 0 saturated carbocycles. The van der Waals surface area contributed by atoms with E-state index < -0.39 is 17.8 Å². The lowest BCUT2D eigenvalue weighted by Crippen LogP contribution is -2.28. The van der Waals surface area contributed by atoms with Crippen LogP contribution in [0.1, 0.15) is 29.0 Å². The summed E-state index contributed by atoms with van der Waals surface area (Å²) < 4.78 is 38.2. The minimum absolute atomic E-state index is 0.137. The fourth-order valence-corrected chi connectivity index (χ4v) is 1.92. The van der Waals surface area contributed by atoms with Gasteiger partial charge in [0.15, 0.2) is 5.69 Å². The Morgan fingerprint density at radius 1 is 1.35 bits per heavy atom. The van der Waals surface area contributed by atoms with Crippen molar-refractivity contribution < 1.29 is 18.0 Å². The monoisotopic (exact) mass is 247 g/mol. The molecule has 1 saturated heterocycles. The zero-order valence-electron chi connectivity index (χ0n) is 9.29. The molecule has 0 bridgehead atoms. The molecule has 0 spiro atoms. The molecule has 0 N–H and O–H groups in total. The van der Waals surface area contributed by atoms with E-state index in [-0.39, 0.29) is 5.69 Å². The highest BCUT2D eigenvalue weighted by Gasteiger charge is 2.36. The average molecular weight is 247 g/mol. The van der Waals surface area contributed by atoms with Crippen LogP contribution in [0, 0.1) is 0 Å². The first-order valence-electron chi connectivity index (χ1n) is 5.30. The van der Waals surface area contributed by atoms with Crippen molar-refractivity contribution in [1.82, 2.24) is 14.7 Å². The van der Waals surface area contributed by atoms with Gasteiger partial charge in [-0.15, -0.1) is 0 Å². The number of amides is 1. The van der Waals surface area contributed by atoms with Crippen molar-refractivity contribution >= 4 is 5.91 Å². The maximum absolute atomic E-state index is 12.5. The minimum Gasteiger partial charge on any atom is -0.337 e. The largest absolute Gasteiger partial charge is 0.433 e. The Hall–Kier alpha value is -1.53. The number of aryl methyl sites for hydroxylation is 1. The second-order valence-electron chi connectivity index (χ2n) is 4.04. The summed E-state index contributed by atoms with van der Waals surface area (Å²) in [5, 5.41) is 3.63. The van der Waals surface area contributed by atoms with Gasteiger partial charge in [-0.05, 0) is 12.8 Å². The van der Waals surface area contributed by atoms with Gasteiger partial charge in [-0.2, -0.15) is 18.3 Å². The van der Waals surface area contributed by atoms with Crippen LogP contribution in [0.2, 0.25) is 0 Å². The van der Waals surface area contributed by atoms with Gasteiger partial charge in [-0.25, -0.2) is 0 Å². The number of halogens is 3. The summed E-state index contributed by atoms with van der Waals surface area (Å²) in [4.78, 5) is 13.4. The molecule has 1 amide bonds. The summed E-state index contributed by atoms with van der Waals surface area (Å²) in [6.07, 6.45) is -2.69. The maximum Gasteiger partial charge on any atom is 0.433 e. The van der Waals surface area contributed by atoms with E-state index in [2.05, 4.69) is 5.10 Å². The van der Waals surface area contributed by atoms with Gasteiger partial charge in [0.05, 0.1) is 0 Å². The Balaban J connectivity index is 2.25. The predicted octanol–water partition coefficient (Wildman–Crippen LogP) is 1.67. The Labute approximate surface area is 96.0 Å². The number of alkyl halides is 3. The van der Waals surface area contributed by atoms with E-state index in [9.17, 15) is 18.0 Å². The van der Waals surface area contributed by atoms with Gasteiger partial charge in [0.2, 0.25) is 0 Å². The molecule has 0 aromatic carbocycles. The molecule has 0 radical (unpaired) electrons. The number of carbonyl (C=O) groups excluding carboxylic acids is 1. The quantitative estimate of drug-likeness (QED) is 0.757. The summed E-state index contributed by atoms with van der Waals surface area (Å²) in [5.74, 6) is -0.423. The first-order valence-corrected chi connectivity index (χ1v) is 5.30. The molecule has 0 aliphatic carbocycles. The van der Waals surface area contributed by atoms with Crippen molar-refractivity contribution in [3.05, 3.63) is 17.5 Å². The summed E-state index contributed by atoms with van der Waals surface area (Å²) in [6, 6.07) is 0.806. The molecule has 94 valence electrons. The number of likely N-dealkylation sites (tertiary alicyclic amines) is 1. The molecular weight excluding hydrogens is 235 g/mol. The first-order chi connectivity index (χ1) is 7.89. The van der Waals surface area contributed by atoms with Gasteiger partial charge in [-0.1, -0.05) is 0 Å². The molecule has 1 fully saturated rings. The summed E-state index contributed by atoms with van der Waals surface area (Å²) in [5.41, 5.74) is -1.04. The van der Waals surface area contributed by atoms with Crippen LogP contribution < -0.4 is 0 Å². The Kier molecular flexibility index (Phi) is 2.84. The van der Waals surface area contributed by atoms with E-state index in [1.54, 1.807) is 0 Å². The standard InChI is InChI=1S/C10H12F3N3O/c1-15-8(10(11,12)13)6-7(14-15)9(17)16-4-2-3-5-16/h6H,2-5H2,1H3. The van der Waals surface area contributed by atoms with Crippen LogP contribution >= 0.6 is 0 Å². The van der Waals surface area contributed by atoms with Crippen molar-refractivity contribution in [3.63, 3.8) is 0 Å². The number of carbonyl (C=O) groups is 1. The molecule has 1 aliphatic rings. The van der Waals surface area contributed by atoms with Crippen molar-refractivity contribution in [2.75, 3.05) is 13.1 Å². The fraction of sp³-hybridized carbons (Fsp3) is 0.600. The molecule has 0 atom stereocenters. The van der Waals surface area contributed by atoms with E-state index >= 15 is 0 Å². The average Bonchev–Trinajstić information content (AvgIpc) is 2.83. The molecule has 4 nitrogen and oxygen atoms in total. The van der Waals surface area contributed by atoms with Gasteiger partial charge in [0.1, 0.15) is 5.69 Å². The van der Waals surface area contributed by atoms with Crippen LogP contribution in [0.3, 0.4) is 0 Å². The SMILES string of the molecule is Cn1nc(C(=O)N2CCCC2)cc1C(F)(F)F. The van der Waals surface area contributed by atoms with Crippen molar-refractivity contribution in [2.24, 2.45) is 7.05 Å². The van der Waals surface area contributed by atoms with Crippen molar-refractivity contribution in [3.8, 4) is 0 Å². The number of nitrogens with zero attached hydrogens (tertiary/aromatic N) is 3.